The van der Waals surface area contributed by atoms with E-state index in [1.54, 1.807) is 11.3 Å². The second kappa shape index (κ2) is 5.33. The Morgan fingerprint density at radius 1 is 1.12 bits per heavy atom. The van der Waals surface area contributed by atoms with E-state index in [2.05, 4.69) is 43.3 Å². The number of halogens is 1. The Labute approximate surface area is 105 Å². The van der Waals surface area contributed by atoms with Crippen LogP contribution in [0.15, 0.2) is 42.5 Å². The molecule has 0 aliphatic carbocycles. The van der Waals surface area contributed by atoms with Crippen LogP contribution in [0.2, 0.25) is 5.02 Å². The van der Waals surface area contributed by atoms with Gasteiger partial charge in [-0.2, -0.15) is 0 Å². The zero-order valence-electron chi connectivity index (χ0n) is 9.11. The molecule has 0 unspecified atom stereocenters. The highest BCUT2D eigenvalue weighted by Gasteiger charge is 2.00. The molecule has 0 fully saturated rings. The van der Waals surface area contributed by atoms with E-state index in [-0.39, 0.29) is 0 Å². The summed E-state index contributed by atoms with van der Waals surface area (Å²) in [5.74, 6) is 0. The van der Waals surface area contributed by atoms with Crippen LogP contribution in [-0.2, 0) is 0 Å². The Kier molecular flexibility index (Phi) is 3.81. The standard InChI is InChI=1S/C14H13ClS/c1-2-3-4-13-9-10-14(16-13)11-5-7-12(15)8-6-11/h3-10H,2H2,1H3/b4-3+. The molecule has 1 heterocycles. The summed E-state index contributed by atoms with van der Waals surface area (Å²) < 4.78 is 0. The fourth-order valence-corrected chi connectivity index (χ4v) is 2.52. The quantitative estimate of drug-likeness (QED) is 0.674. The van der Waals surface area contributed by atoms with Crippen LogP contribution in [0.3, 0.4) is 0 Å². The largest absolute Gasteiger partial charge is 0.136 e. The van der Waals surface area contributed by atoms with Crippen molar-refractivity contribution in [2.45, 2.75) is 13.3 Å². The van der Waals surface area contributed by atoms with Crippen molar-refractivity contribution in [2.24, 2.45) is 0 Å². The molecule has 0 N–H and O–H groups in total. The minimum Gasteiger partial charge on any atom is -0.136 e. The third-order valence-electron chi connectivity index (χ3n) is 2.27. The first-order valence-electron chi connectivity index (χ1n) is 5.32. The molecule has 0 saturated heterocycles. The number of hydrogen-bond acceptors (Lipinski definition) is 1. The molecule has 0 aliphatic rings. The number of hydrogen-bond donors (Lipinski definition) is 0. The van der Waals surface area contributed by atoms with Gasteiger partial charge in [-0.15, -0.1) is 11.3 Å². The van der Waals surface area contributed by atoms with Crippen LogP contribution in [0.5, 0.6) is 0 Å². The lowest BCUT2D eigenvalue weighted by molar-refractivity contribution is 1.23. The van der Waals surface area contributed by atoms with E-state index in [0.717, 1.165) is 11.4 Å². The molecule has 2 rings (SSSR count). The van der Waals surface area contributed by atoms with E-state index in [0.29, 0.717) is 0 Å². The van der Waals surface area contributed by atoms with Crippen LogP contribution in [0.25, 0.3) is 16.5 Å². The van der Waals surface area contributed by atoms with Gasteiger partial charge in [-0.25, -0.2) is 0 Å². The first-order chi connectivity index (χ1) is 7.79. The third-order valence-corrected chi connectivity index (χ3v) is 3.62. The fraction of sp³-hybridized carbons (Fsp3) is 0.143. The van der Waals surface area contributed by atoms with Gasteiger partial charge in [0.15, 0.2) is 0 Å². The summed E-state index contributed by atoms with van der Waals surface area (Å²) in [6.45, 7) is 2.14. The predicted molar refractivity (Wildman–Crippen MR) is 74.1 cm³/mol. The second-order valence-corrected chi connectivity index (χ2v) is 5.07. The predicted octanol–water partition coefficient (Wildman–Crippen LogP) is 5.49. The molecule has 0 amide bonds. The molecule has 0 bridgehead atoms. The van der Waals surface area contributed by atoms with Gasteiger partial charge in [0.25, 0.3) is 0 Å². The van der Waals surface area contributed by atoms with Crippen molar-refractivity contribution in [2.75, 3.05) is 0 Å². The lowest BCUT2D eigenvalue weighted by atomic mass is 10.2. The summed E-state index contributed by atoms with van der Waals surface area (Å²) >= 11 is 7.67. The maximum absolute atomic E-state index is 5.87. The molecule has 0 radical (unpaired) electrons. The van der Waals surface area contributed by atoms with Crippen LogP contribution in [0.1, 0.15) is 18.2 Å². The van der Waals surface area contributed by atoms with Gasteiger partial charge in [0.2, 0.25) is 0 Å². The highest BCUT2D eigenvalue weighted by Crippen LogP contribution is 2.29. The molecule has 16 heavy (non-hydrogen) atoms. The van der Waals surface area contributed by atoms with Crippen LogP contribution >= 0.6 is 22.9 Å². The highest BCUT2D eigenvalue weighted by molar-refractivity contribution is 7.16. The number of thiophene rings is 1. The Hall–Kier alpha value is -1.05. The van der Waals surface area contributed by atoms with Crippen LogP contribution < -0.4 is 0 Å². The molecular weight excluding hydrogens is 236 g/mol. The molecular formula is C14H13ClS. The van der Waals surface area contributed by atoms with Gasteiger partial charge in [-0.1, -0.05) is 36.7 Å². The van der Waals surface area contributed by atoms with E-state index in [1.807, 2.05) is 12.1 Å². The summed E-state index contributed by atoms with van der Waals surface area (Å²) in [5, 5.41) is 0.784. The summed E-state index contributed by atoms with van der Waals surface area (Å²) in [6.07, 6.45) is 5.43. The zero-order chi connectivity index (χ0) is 11.4. The first kappa shape index (κ1) is 11.4. The molecule has 0 atom stereocenters. The van der Waals surface area contributed by atoms with Crippen LogP contribution in [0.4, 0.5) is 0 Å². The molecule has 1 aromatic heterocycles. The van der Waals surface area contributed by atoms with Crippen LogP contribution in [-0.4, -0.2) is 0 Å². The van der Waals surface area contributed by atoms with E-state index in [4.69, 9.17) is 11.6 Å². The highest BCUT2D eigenvalue weighted by atomic mass is 35.5. The Bertz CT molecular complexity index is 480. The average molecular weight is 249 g/mol. The van der Waals surface area contributed by atoms with E-state index < -0.39 is 0 Å². The topological polar surface area (TPSA) is 0 Å². The van der Waals surface area contributed by atoms with Crippen molar-refractivity contribution in [1.82, 2.24) is 0 Å². The molecule has 82 valence electrons. The summed E-state index contributed by atoms with van der Waals surface area (Å²) in [5.41, 5.74) is 1.23. The van der Waals surface area contributed by atoms with Gasteiger partial charge in [-0.3, -0.25) is 0 Å². The first-order valence-corrected chi connectivity index (χ1v) is 6.51. The molecule has 0 spiro atoms. The smallest absolute Gasteiger partial charge is 0.0406 e. The SMILES string of the molecule is CC/C=C/c1ccc(-c2ccc(Cl)cc2)s1. The zero-order valence-corrected chi connectivity index (χ0v) is 10.7. The fourth-order valence-electron chi connectivity index (χ4n) is 1.45. The molecule has 0 saturated carbocycles. The lowest BCUT2D eigenvalue weighted by Gasteiger charge is -1.96. The van der Waals surface area contributed by atoms with Crippen molar-refractivity contribution >= 4 is 29.0 Å². The average Bonchev–Trinajstić information content (AvgIpc) is 2.76. The Morgan fingerprint density at radius 3 is 2.56 bits per heavy atom. The third kappa shape index (κ3) is 2.75. The molecule has 0 nitrogen and oxygen atoms in total. The minimum atomic E-state index is 0.784. The van der Waals surface area contributed by atoms with Gasteiger partial charge in [0.05, 0.1) is 0 Å². The van der Waals surface area contributed by atoms with E-state index >= 15 is 0 Å². The summed E-state index contributed by atoms with van der Waals surface area (Å²) in [6, 6.07) is 12.3. The van der Waals surface area contributed by atoms with E-state index in [1.165, 1.54) is 15.3 Å². The second-order valence-electron chi connectivity index (χ2n) is 3.52. The molecule has 2 heteroatoms. The van der Waals surface area contributed by atoms with Crippen molar-refractivity contribution in [3.05, 3.63) is 52.4 Å². The monoisotopic (exact) mass is 248 g/mol. The number of rotatable bonds is 3. The van der Waals surface area contributed by atoms with Gasteiger partial charge >= 0.3 is 0 Å². The molecule has 1 aromatic carbocycles. The van der Waals surface area contributed by atoms with Crippen molar-refractivity contribution in [3.63, 3.8) is 0 Å². The van der Waals surface area contributed by atoms with Crippen molar-refractivity contribution < 1.29 is 0 Å². The Morgan fingerprint density at radius 2 is 1.88 bits per heavy atom. The summed E-state index contributed by atoms with van der Waals surface area (Å²) in [7, 11) is 0. The molecule has 0 aliphatic heterocycles. The Balaban J connectivity index is 2.24. The van der Waals surface area contributed by atoms with Crippen LogP contribution in [0, 0.1) is 0 Å². The maximum Gasteiger partial charge on any atom is 0.0406 e. The maximum atomic E-state index is 5.87. The van der Waals surface area contributed by atoms with Gasteiger partial charge in [0.1, 0.15) is 0 Å². The number of benzene rings is 1. The lowest BCUT2D eigenvalue weighted by Crippen LogP contribution is -1.69. The van der Waals surface area contributed by atoms with Gasteiger partial charge in [-0.05, 0) is 42.3 Å². The van der Waals surface area contributed by atoms with Crippen molar-refractivity contribution in [1.29, 1.82) is 0 Å². The summed E-state index contributed by atoms with van der Waals surface area (Å²) in [4.78, 5) is 2.58. The molecule has 2 aromatic rings. The van der Waals surface area contributed by atoms with E-state index in [9.17, 15) is 0 Å². The minimum absolute atomic E-state index is 0.784. The number of allylic oxidation sites excluding steroid dienone is 1. The normalized spacial score (nSPS) is 11.1. The van der Waals surface area contributed by atoms with Gasteiger partial charge in [0, 0.05) is 14.8 Å². The van der Waals surface area contributed by atoms with Gasteiger partial charge < -0.3 is 0 Å². The van der Waals surface area contributed by atoms with Crippen molar-refractivity contribution in [3.8, 4) is 10.4 Å².